The Bertz CT molecular complexity index is 777. The van der Waals surface area contributed by atoms with E-state index >= 15 is 0 Å². The topological polar surface area (TPSA) is 61.2 Å². The maximum Gasteiger partial charge on any atom is 0.272 e. The van der Waals surface area contributed by atoms with E-state index < -0.39 is 10.0 Å². The van der Waals surface area contributed by atoms with Gasteiger partial charge in [0, 0.05) is 12.4 Å². The summed E-state index contributed by atoms with van der Waals surface area (Å²) in [4.78, 5) is 4.19. The molecule has 0 amide bonds. The van der Waals surface area contributed by atoms with Gasteiger partial charge in [0.25, 0.3) is 10.0 Å². The van der Waals surface area contributed by atoms with Crippen LogP contribution in [-0.2, 0) is 10.0 Å². The minimum absolute atomic E-state index is 0.185. The highest BCUT2D eigenvalue weighted by atomic mass is 32.2. The van der Waals surface area contributed by atoms with E-state index in [1.807, 2.05) is 27.7 Å². The van der Waals surface area contributed by atoms with Gasteiger partial charge in [-0.15, -0.1) is 0 Å². The fourth-order valence-electron chi connectivity index (χ4n) is 2.50. The van der Waals surface area contributed by atoms with Crippen molar-refractivity contribution >= 4 is 10.0 Å². The zero-order chi connectivity index (χ0) is 16.5. The van der Waals surface area contributed by atoms with Crippen LogP contribution in [0.4, 0.5) is 0 Å². The summed E-state index contributed by atoms with van der Waals surface area (Å²) in [6, 6.07) is 3.53. The molecule has 0 N–H and O–H groups in total. The van der Waals surface area contributed by atoms with Gasteiger partial charge in [0.2, 0.25) is 0 Å². The molecule has 0 spiro atoms. The second-order valence-electron chi connectivity index (χ2n) is 5.52. The monoisotopic (exact) mass is 322 g/mol. The van der Waals surface area contributed by atoms with Crippen molar-refractivity contribution in [1.29, 1.82) is 0 Å². The first-order valence-electron chi connectivity index (χ1n) is 7.31. The molecule has 6 heteroatoms. The molecule has 2 rings (SSSR count). The molecular formula is C16H22N2O3S. The van der Waals surface area contributed by atoms with E-state index in [0.717, 1.165) is 11.1 Å². The zero-order valence-corrected chi connectivity index (χ0v) is 14.4. The van der Waals surface area contributed by atoms with Crippen molar-refractivity contribution in [2.75, 3.05) is 6.61 Å². The van der Waals surface area contributed by atoms with E-state index in [9.17, 15) is 8.42 Å². The molecule has 0 atom stereocenters. The highest BCUT2D eigenvalue weighted by Gasteiger charge is 2.25. The predicted molar refractivity (Wildman–Crippen MR) is 86.0 cm³/mol. The lowest BCUT2D eigenvalue weighted by Crippen LogP contribution is -2.16. The van der Waals surface area contributed by atoms with Gasteiger partial charge in [0.15, 0.2) is 0 Å². The molecular weight excluding hydrogens is 300 g/mol. The van der Waals surface area contributed by atoms with Gasteiger partial charge in [-0.05, 0) is 49.9 Å². The summed E-state index contributed by atoms with van der Waals surface area (Å²) in [5.74, 6) is 1.04. The molecule has 0 aliphatic heterocycles. The predicted octanol–water partition coefficient (Wildman–Crippen LogP) is 3.26. The van der Waals surface area contributed by atoms with Gasteiger partial charge < -0.3 is 4.74 Å². The molecule has 22 heavy (non-hydrogen) atoms. The van der Waals surface area contributed by atoms with Crippen LogP contribution in [0.3, 0.4) is 0 Å². The van der Waals surface area contributed by atoms with E-state index in [-0.39, 0.29) is 10.8 Å². The summed E-state index contributed by atoms with van der Waals surface area (Å²) in [6.45, 7) is 9.96. The van der Waals surface area contributed by atoms with E-state index in [4.69, 9.17) is 4.74 Å². The van der Waals surface area contributed by atoms with Crippen LogP contribution in [0.25, 0.3) is 0 Å². The number of benzene rings is 1. The van der Waals surface area contributed by atoms with E-state index in [2.05, 4.69) is 4.98 Å². The molecule has 0 bridgehead atoms. The van der Waals surface area contributed by atoms with Gasteiger partial charge in [-0.1, -0.05) is 13.8 Å². The molecule has 0 saturated heterocycles. The van der Waals surface area contributed by atoms with Gasteiger partial charge in [0.05, 0.1) is 6.61 Å². The van der Waals surface area contributed by atoms with Crippen molar-refractivity contribution in [1.82, 2.24) is 8.96 Å². The Hall–Kier alpha value is -1.82. The first kappa shape index (κ1) is 16.5. The number of nitrogens with zero attached hydrogens (tertiary/aromatic N) is 2. The Morgan fingerprint density at radius 1 is 1.27 bits per heavy atom. The Morgan fingerprint density at radius 2 is 1.95 bits per heavy atom. The lowest BCUT2D eigenvalue weighted by atomic mass is 9.98. The Kier molecular flexibility index (Phi) is 4.60. The molecule has 0 saturated carbocycles. The molecule has 120 valence electrons. The second-order valence-corrected chi connectivity index (χ2v) is 7.30. The van der Waals surface area contributed by atoms with Gasteiger partial charge in [-0.25, -0.2) is 17.4 Å². The summed E-state index contributed by atoms with van der Waals surface area (Å²) in [5, 5.41) is 0. The van der Waals surface area contributed by atoms with Crippen LogP contribution in [0.1, 0.15) is 43.6 Å². The van der Waals surface area contributed by atoms with Gasteiger partial charge in [-0.3, -0.25) is 0 Å². The lowest BCUT2D eigenvalue weighted by molar-refractivity contribution is 0.330. The normalized spacial score (nSPS) is 11.9. The number of hydrogen-bond acceptors (Lipinski definition) is 4. The first-order valence-corrected chi connectivity index (χ1v) is 8.76. The molecule has 0 aliphatic rings. The molecule has 1 aromatic heterocycles. The van der Waals surface area contributed by atoms with Crippen LogP contribution in [0.5, 0.6) is 5.75 Å². The van der Waals surface area contributed by atoms with E-state index in [1.165, 1.54) is 16.4 Å². The summed E-state index contributed by atoms with van der Waals surface area (Å²) in [7, 11) is -3.72. The number of hydrogen-bond donors (Lipinski definition) is 0. The van der Waals surface area contributed by atoms with Crippen LogP contribution in [0.15, 0.2) is 29.4 Å². The largest absolute Gasteiger partial charge is 0.492 e. The second kappa shape index (κ2) is 6.12. The highest BCUT2D eigenvalue weighted by Crippen LogP contribution is 2.32. The molecule has 0 aliphatic carbocycles. The average molecular weight is 322 g/mol. The van der Waals surface area contributed by atoms with Gasteiger partial charge in [0.1, 0.15) is 16.5 Å². The van der Waals surface area contributed by atoms with E-state index in [0.29, 0.717) is 18.2 Å². The third-order valence-corrected chi connectivity index (χ3v) is 5.35. The Balaban J connectivity index is 2.72. The number of imidazole rings is 1. The number of aromatic nitrogens is 2. The number of aryl methyl sites for hydroxylation is 2. The quantitative estimate of drug-likeness (QED) is 0.847. The van der Waals surface area contributed by atoms with Crippen LogP contribution in [0, 0.1) is 13.8 Å². The summed E-state index contributed by atoms with van der Waals surface area (Å²) in [5.41, 5.74) is 2.03. The van der Waals surface area contributed by atoms with Crippen LogP contribution in [0.2, 0.25) is 0 Å². The first-order chi connectivity index (χ1) is 10.3. The molecule has 0 unspecified atom stereocenters. The molecule has 1 aromatic carbocycles. The minimum atomic E-state index is -3.72. The third kappa shape index (κ3) is 2.88. The molecule has 5 nitrogen and oxygen atoms in total. The van der Waals surface area contributed by atoms with Crippen molar-refractivity contribution in [2.45, 2.75) is 45.4 Å². The van der Waals surface area contributed by atoms with Crippen LogP contribution >= 0.6 is 0 Å². The maximum absolute atomic E-state index is 12.9. The van der Waals surface area contributed by atoms with Crippen molar-refractivity contribution in [2.24, 2.45) is 0 Å². The zero-order valence-electron chi connectivity index (χ0n) is 13.6. The van der Waals surface area contributed by atoms with Crippen molar-refractivity contribution < 1.29 is 13.2 Å². The van der Waals surface area contributed by atoms with Crippen molar-refractivity contribution in [3.8, 4) is 5.75 Å². The van der Waals surface area contributed by atoms with Crippen molar-refractivity contribution in [3.05, 3.63) is 41.5 Å². The summed E-state index contributed by atoms with van der Waals surface area (Å²) < 4.78 is 32.6. The Morgan fingerprint density at radius 3 is 2.45 bits per heavy atom. The highest BCUT2D eigenvalue weighted by molar-refractivity contribution is 7.90. The van der Waals surface area contributed by atoms with Gasteiger partial charge in [-0.2, -0.15) is 0 Å². The Labute approximate surface area is 132 Å². The summed E-state index contributed by atoms with van der Waals surface area (Å²) >= 11 is 0. The third-order valence-electron chi connectivity index (χ3n) is 3.57. The standard InChI is InChI=1S/C16H22N2O3S/c1-6-21-15-9-12(4)14(11(2)3)10-16(15)22(19,20)18-8-7-17-13(18)5/h7-11H,6H2,1-5H3. The van der Waals surface area contributed by atoms with Crippen LogP contribution in [-0.4, -0.2) is 24.0 Å². The van der Waals surface area contributed by atoms with Gasteiger partial charge >= 0.3 is 0 Å². The van der Waals surface area contributed by atoms with Crippen LogP contribution < -0.4 is 4.74 Å². The molecule has 1 heterocycles. The number of ether oxygens (including phenoxy) is 1. The number of rotatable bonds is 5. The minimum Gasteiger partial charge on any atom is -0.492 e. The molecule has 0 fully saturated rings. The fraction of sp³-hybridized carbons (Fsp3) is 0.438. The maximum atomic E-state index is 12.9. The fourth-order valence-corrected chi connectivity index (χ4v) is 3.97. The van der Waals surface area contributed by atoms with E-state index in [1.54, 1.807) is 19.1 Å². The molecule has 2 aromatic rings. The SMILES string of the molecule is CCOc1cc(C)c(C(C)C)cc1S(=O)(=O)n1ccnc1C. The molecule has 0 radical (unpaired) electrons. The summed E-state index contributed by atoms with van der Waals surface area (Å²) in [6.07, 6.45) is 2.93. The lowest BCUT2D eigenvalue weighted by Gasteiger charge is -2.17. The van der Waals surface area contributed by atoms with Crippen molar-refractivity contribution in [3.63, 3.8) is 0 Å². The average Bonchev–Trinajstić information content (AvgIpc) is 2.85. The smallest absolute Gasteiger partial charge is 0.272 e.